The molecule has 0 aliphatic rings. The number of benzene rings is 2. The highest BCUT2D eigenvalue weighted by atomic mass is 16.5. The molecule has 104 valence electrons. The number of carbonyl (C=O) groups excluding carboxylic acids is 1. The first kappa shape index (κ1) is 14.1. The molecule has 0 N–H and O–H groups in total. The first-order valence-corrected chi connectivity index (χ1v) is 6.53. The van der Waals surface area contributed by atoms with Crippen LogP contribution in [0, 0.1) is 0 Å². The highest BCUT2D eigenvalue weighted by Crippen LogP contribution is 2.28. The summed E-state index contributed by atoms with van der Waals surface area (Å²) in [7, 11) is 3.06. The van der Waals surface area contributed by atoms with Crippen molar-refractivity contribution in [3.05, 3.63) is 54.1 Å². The summed E-state index contributed by atoms with van der Waals surface area (Å²) in [5.74, 6) is 0.616. The van der Waals surface area contributed by atoms with Crippen LogP contribution in [0.2, 0.25) is 0 Å². The lowest BCUT2D eigenvalue weighted by molar-refractivity contribution is -0.140. The first-order valence-electron chi connectivity index (χ1n) is 6.53. The summed E-state index contributed by atoms with van der Waals surface area (Å²) in [6, 6.07) is 16.0. The lowest BCUT2D eigenvalue weighted by Gasteiger charge is -2.11. The SMILES string of the molecule is COC(=O)CCc1ccc(OC)cc1-c1ccccc1. The third-order valence-corrected chi connectivity index (χ3v) is 3.23. The maximum absolute atomic E-state index is 11.3. The number of hydrogen-bond donors (Lipinski definition) is 0. The number of methoxy groups -OCH3 is 2. The molecule has 0 aliphatic carbocycles. The van der Waals surface area contributed by atoms with Crippen molar-refractivity contribution in [1.82, 2.24) is 0 Å². The summed E-state index contributed by atoms with van der Waals surface area (Å²) in [6.45, 7) is 0. The standard InChI is InChI=1S/C17H18O3/c1-19-15-10-8-14(9-11-17(18)20-2)16(12-15)13-6-4-3-5-7-13/h3-8,10,12H,9,11H2,1-2H3. The van der Waals surface area contributed by atoms with Gasteiger partial charge in [-0.15, -0.1) is 0 Å². The van der Waals surface area contributed by atoms with Crippen LogP contribution in [0.1, 0.15) is 12.0 Å². The van der Waals surface area contributed by atoms with Gasteiger partial charge in [-0.3, -0.25) is 4.79 Å². The second kappa shape index (κ2) is 6.75. The van der Waals surface area contributed by atoms with Crippen molar-refractivity contribution in [2.24, 2.45) is 0 Å². The number of esters is 1. The average Bonchev–Trinajstić information content (AvgIpc) is 2.53. The minimum Gasteiger partial charge on any atom is -0.497 e. The van der Waals surface area contributed by atoms with Crippen LogP contribution in [0.5, 0.6) is 5.75 Å². The second-order valence-corrected chi connectivity index (χ2v) is 4.47. The van der Waals surface area contributed by atoms with Crippen LogP contribution < -0.4 is 4.74 Å². The van der Waals surface area contributed by atoms with Gasteiger partial charge >= 0.3 is 5.97 Å². The van der Waals surface area contributed by atoms with E-state index in [2.05, 4.69) is 12.1 Å². The molecule has 0 aromatic heterocycles. The van der Waals surface area contributed by atoms with Crippen LogP contribution in [-0.2, 0) is 16.0 Å². The van der Waals surface area contributed by atoms with E-state index in [1.165, 1.54) is 7.11 Å². The Morgan fingerprint density at radius 3 is 2.45 bits per heavy atom. The monoisotopic (exact) mass is 270 g/mol. The summed E-state index contributed by atoms with van der Waals surface area (Å²) in [5.41, 5.74) is 3.32. The van der Waals surface area contributed by atoms with Gasteiger partial charge in [0.15, 0.2) is 0 Å². The summed E-state index contributed by atoms with van der Waals surface area (Å²) in [5, 5.41) is 0. The molecule has 0 fully saturated rings. The molecule has 0 atom stereocenters. The van der Waals surface area contributed by atoms with E-state index in [0.29, 0.717) is 12.8 Å². The van der Waals surface area contributed by atoms with E-state index in [0.717, 1.165) is 22.4 Å². The predicted octanol–water partition coefficient (Wildman–Crippen LogP) is 3.47. The zero-order valence-corrected chi connectivity index (χ0v) is 11.8. The molecule has 2 aromatic rings. The fourth-order valence-corrected chi connectivity index (χ4v) is 2.13. The molecular formula is C17H18O3. The fourth-order valence-electron chi connectivity index (χ4n) is 2.13. The van der Waals surface area contributed by atoms with Crippen LogP contribution in [-0.4, -0.2) is 20.2 Å². The predicted molar refractivity (Wildman–Crippen MR) is 78.8 cm³/mol. The first-order chi connectivity index (χ1) is 9.74. The maximum atomic E-state index is 11.3. The van der Waals surface area contributed by atoms with E-state index in [4.69, 9.17) is 9.47 Å². The van der Waals surface area contributed by atoms with Gasteiger partial charge in [0, 0.05) is 6.42 Å². The molecule has 0 bridgehead atoms. The number of ether oxygens (including phenoxy) is 2. The Morgan fingerprint density at radius 1 is 1.05 bits per heavy atom. The smallest absolute Gasteiger partial charge is 0.305 e. The van der Waals surface area contributed by atoms with E-state index in [9.17, 15) is 4.79 Å². The molecule has 2 rings (SSSR count). The molecule has 0 spiro atoms. The Labute approximate surface area is 119 Å². The highest BCUT2D eigenvalue weighted by Gasteiger charge is 2.09. The van der Waals surface area contributed by atoms with Crippen LogP contribution >= 0.6 is 0 Å². The molecule has 2 aromatic carbocycles. The molecule has 0 saturated heterocycles. The van der Waals surface area contributed by atoms with Crippen LogP contribution in [0.3, 0.4) is 0 Å². The highest BCUT2D eigenvalue weighted by molar-refractivity contribution is 5.72. The number of aryl methyl sites for hydroxylation is 1. The van der Waals surface area contributed by atoms with E-state index < -0.39 is 0 Å². The zero-order valence-electron chi connectivity index (χ0n) is 11.8. The molecule has 3 heteroatoms. The van der Waals surface area contributed by atoms with Crippen molar-refractivity contribution < 1.29 is 14.3 Å². The van der Waals surface area contributed by atoms with Crippen molar-refractivity contribution in [3.63, 3.8) is 0 Å². The number of carbonyl (C=O) groups is 1. The van der Waals surface area contributed by atoms with Gasteiger partial charge < -0.3 is 9.47 Å². The Balaban J connectivity index is 2.33. The van der Waals surface area contributed by atoms with E-state index in [1.54, 1.807) is 7.11 Å². The Hall–Kier alpha value is -2.29. The lowest BCUT2D eigenvalue weighted by Crippen LogP contribution is -2.03. The van der Waals surface area contributed by atoms with Crippen molar-refractivity contribution in [3.8, 4) is 16.9 Å². The van der Waals surface area contributed by atoms with Crippen molar-refractivity contribution in [2.75, 3.05) is 14.2 Å². The molecule has 0 amide bonds. The van der Waals surface area contributed by atoms with Gasteiger partial charge in [-0.25, -0.2) is 0 Å². The number of rotatable bonds is 5. The van der Waals surface area contributed by atoms with Gasteiger partial charge in [-0.2, -0.15) is 0 Å². The van der Waals surface area contributed by atoms with Crippen LogP contribution in [0.15, 0.2) is 48.5 Å². The molecule has 0 radical (unpaired) electrons. The third kappa shape index (κ3) is 3.38. The second-order valence-electron chi connectivity index (χ2n) is 4.47. The zero-order chi connectivity index (χ0) is 14.4. The molecule has 0 heterocycles. The topological polar surface area (TPSA) is 35.5 Å². The molecule has 3 nitrogen and oxygen atoms in total. The maximum Gasteiger partial charge on any atom is 0.305 e. The molecule has 0 saturated carbocycles. The molecular weight excluding hydrogens is 252 g/mol. The normalized spacial score (nSPS) is 10.1. The summed E-state index contributed by atoms with van der Waals surface area (Å²) < 4.78 is 9.99. The summed E-state index contributed by atoms with van der Waals surface area (Å²) >= 11 is 0. The van der Waals surface area contributed by atoms with Gasteiger partial charge in [0.2, 0.25) is 0 Å². The van der Waals surface area contributed by atoms with Crippen LogP contribution in [0.25, 0.3) is 11.1 Å². The van der Waals surface area contributed by atoms with Gasteiger partial charge in [-0.1, -0.05) is 36.4 Å². The summed E-state index contributed by atoms with van der Waals surface area (Å²) in [4.78, 5) is 11.3. The molecule has 20 heavy (non-hydrogen) atoms. The summed E-state index contributed by atoms with van der Waals surface area (Å²) in [6.07, 6.45) is 1.03. The van der Waals surface area contributed by atoms with Crippen LogP contribution in [0.4, 0.5) is 0 Å². The Bertz CT molecular complexity index is 576. The van der Waals surface area contributed by atoms with Gasteiger partial charge in [0.25, 0.3) is 0 Å². The van der Waals surface area contributed by atoms with Crippen molar-refractivity contribution in [1.29, 1.82) is 0 Å². The van der Waals surface area contributed by atoms with Crippen molar-refractivity contribution in [2.45, 2.75) is 12.8 Å². The van der Waals surface area contributed by atoms with E-state index in [1.807, 2.05) is 36.4 Å². The molecule has 0 aliphatic heterocycles. The number of hydrogen-bond acceptors (Lipinski definition) is 3. The average molecular weight is 270 g/mol. The van der Waals surface area contributed by atoms with Gasteiger partial charge in [-0.05, 0) is 35.2 Å². The van der Waals surface area contributed by atoms with Gasteiger partial charge in [0.1, 0.15) is 5.75 Å². The lowest BCUT2D eigenvalue weighted by atomic mass is 9.96. The van der Waals surface area contributed by atoms with Crippen molar-refractivity contribution >= 4 is 5.97 Å². The van der Waals surface area contributed by atoms with E-state index >= 15 is 0 Å². The Kier molecular flexibility index (Phi) is 4.77. The minimum absolute atomic E-state index is 0.195. The minimum atomic E-state index is -0.195. The van der Waals surface area contributed by atoms with Gasteiger partial charge in [0.05, 0.1) is 14.2 Å². The van der Waals surface area contributed by atoms with E-state index in [-0.39, 0.29) is 5.97 Å². The third-order valence-electron chi connectivity index (χ3n) is 3.23. The Morgan fingerprint density at radius 2 is 1.80 bits per heavy atom. The molecule has 0 unspecified atom stereocenters. The fraction of sp³-hybridized carbons (Fsp3) is 0.235. The largest absolute Gasteiger partial charge is 0.497 e. The quantitative estimate of drug-likeness (QED) is 0.780.